The lowest BCUT2D eigenvalue weighted by atomic mass is 9.99. The molecule has 6 nitrogen and oxygen atoms in total. The fourth-order valence-electron chi connectivity index (χ4n) is 4.31. The molecule has 0 aliphatic carbocycles. The van der Waals surface area contributed by atoms with Crippen LogP contribution >= 0.6 is 0 Å². The summed E-state index contributed by atoms with van der Waals surface area (Å²) in [4.78, 5) is 27.1. The van der Waals surface area contributed by atoms with Crippen molar-refractivity contribution in [3.63, 3.8) is 0 Å². The van der Waals surface area contributed by atoms with E-state index in [-0.39, 0.29) is 11.8 Å². The zero-order chi connectivity index (χ0) is 19.3. The van der Waals surface area contributed by atoms with Crippen molar-refractivity contribution in [3.05, 3.63) is 59.3 Å². The average molecular weight is 374 g/mol. The van der Waals surface area contributed by atoms with Gasteiger partial charge in [0.05, 0.1) is 23.0 Å². The minimum Gasteiger partial charge on any atom is -0.348 e. The molecule has 2 aliphatic rings. The molecule has 2 amide bonds. The Bertz CT molecular complexity index is 1100. The Morgan fingerprint density at radius 2 is 2.14 bits per heavy atom. The molecule has 1 saturated heterocycles. The molecule has 1 fully saturated rings. The van der Waals surface area contributed by atoms with E-state index >= 15 is 0 Å². The quantitative estimate of drug-likeness (QED) is 0.749. The molecular formula is C22H22N4O2. The van der Waals surface area contributed by atoms with Crippen LogP contribution in [0.25, 0.3) is 16.8 Å². The lowest BCUT2D eigenvalue weighted by Crippen LogP contribution is -2.39. The van der Waals surface area contributed by atoms with Gasteiger partial charge in [0.1, 0.15) is 0 Å². The Morgan fingerprint density at radius 1 is 1.25 bits per heavy atom. The fourth-order valence-corrected chi connectivity index (χ4v) is 4.31. The molecule has 6 heteroatoms. The standard InChI is InChI=1S/C22H22N4O2/c1-14-4-3-9-25(13-14)22(28)18-12-24-26-19(5-2-6-20(18)26)15-7-8-16-11-23-21(27)17(16)10-15/h2,5-8,10,12,14H,3-4,9,11,13H2,1H3,(H,23,27). The van der Waals surface area contributed by atoms with E-state index in [9.17, 15) is 9.59 Å². The first-order chi connectivity index (χ1) is 13.6. The highest BCUT2D eigenvalue weighted by atomic mass is 16.2. The molecule has 1 N–H and O–H groups in total. The summed E-state index contributed by atoms with van der Waals surface area (Å²) in [7, 11) is 0. The largest absolute Gasteiger partial charge is 0.348 e. The second kappa shape index (κ2) is 6.48. The van der Waals surface area contributed by atoms with E-state index in [1.54, 1.807) is 10.7 Å². The van der Waals surface area contributed by atoms with Crippen molar-refractivity contribution in [3.8, 4) is 11.3 Å². The van der Waals surface area contributed by atoms with Gasteiger partial charge in [-0.25, -0.2) is 4.52 Å². The van der Waals surface area contributed by atoms with Crippen LogP contribution in [0.1, 0.15) is 46.0 Å². The van der Waals surface area contributed by atoms with E-state index in [2.05, 4.69) is 17.3 Å². The SMILES string of the molecule is CC1CCCN(C(=O)c2cnn3c(-c4ccc5c(c4)C(=O)NC5)cccc23)C1. The van der Waals surface area contributed by atoms with Crippen molar-refractivity contribution in [2.24, 2.45) is 5.92 Å². The summed E-state index contributed by atoms with van der Waals surface area (Å²) in [6.45, 7) is 4.38. The van der Waals surface area contributed by atoms with Crippen LogP contribution in [-0.4, -0.2) is 39.4 Å². The van der Waals surface area contributed by atoms with Crippen molar-refractivity contribution in [2.45, 2.75) is 26.3 Å². The number of rotatable bonds is 2. The second-order valence-corrected chi connectivity index (χ2v) is 7.82. The Morgan fingerprint density at radius 3 is 3.00 bits per heavy atom. The minimum atomic E-state index is -0.0421. The van der Waals surface area contributed by atoms with Crippen molar-refractivity contribution in [1.29, 1.82) is 0 Å². The molecule has 142 valence electrons. The van der Waals surface area contributed by atoms with Crippen molar-refractivity contribution >= 4 is 17.3 Å². The number of nitrogens with zero attached hydrogens (tertiary/aromatic N) is 3. The summed E-state index contributed by atoms with van der Waals surface area (Å²) < 4.78 is 1.80. The number of hydrogen-bond donors (Lipinski definition) is 1. The van der Waals surface area contributed by atoms with Gasteiger partial charge in [0, 0.05) is 30.8 Å². The molecule has 0 saturated carbocycles. The Balaban J connectivity index is 1.55. The molecular weight excluding hydrogens is 352 g/mol. The van der Waals surface area contributed by atoms with Gasteiger partial charge in [0.2, 0.25) is 0 Å². The molecule has 0 radical (unpaired) electrons. The third kappa shape index (κ3) is 2.68. The average Bonchev–Trinajstić information content (AvgIpc) is 3.31. The third-order valence-electron chi connectivity index (χ3n) is 5.81. The Hall–Kier alpha value is -3.15. The van der Waals surface area contributed by atoms with Gasteiger partial charge in [0.25, 0.3) is 11.8 Å². The summed E-state index contributed by atoms with van der Waals surface area (Å²) in [5.41, 5.74) is 4.93. The summed E-state index contributed by atoms with van der Waals surface area (Å²) in [6.07, 6.45) is 3.89. The van der Waals surface area contributed by atoms with Crippen molar-refractivity contribution in [1.82, 2.24) is 19.8 Å². The Labute approximate surface area is 163 Å². The molecule has 2 aliphatic heterocycles. The van der Waals surface area contributed by atoms with Crippen LogP contribution in [0.2, 0.25) is 0 Å². The molecule has 1 aromatic carbocycles. The van der Waals surface area contributed by atoms with E-state index < -0.39 is 0 Å². The first-order valence-electron chi connectivity index (χ1n) is 9.79. The van der Waals surface area contributed by atoms with E-state index in [1.165, 1.54) is 6.42 Å². The molecule has 3 aromatic rings. The number of piperidine rings is 1. The maximum Gasteiger partial charge on any atom is 0.257 e. The van der Waals surface area contributed by atoms with E-state index in [1.807, 2.05) is 41.3 Å². The smallest absolute Gasteiger partial charge is 0.257 e. The minimum absolute atomic E-state index is 0.0421. The predicted molar refractivity (Wildman–Crippen MR) is 106 cm³/mol. The van der Waals surface area contributed by atoms with Gasteiger partial charge in [-0.3, -0.25) is 9.59 Å². The maximum atomic E-state index is 13.1. The third-order valence-corrected chi connectivity index (χ3v) is 5.81. The number of aromatic nitrogens is 2. The highest BCUT2D eigenvalue weighted by Crippen LogP contribution is 2.27. The number of benzene rings is 1. The van der Waals surface area contributed by atoms with Crippen molar-refractivity contribution in [2.75, 3.05) is 13.1 Å². The number of hydrogen-bond acceptors (Lipinski definition) is 3. The van der Waals surface area contributed by atoms with Gasteiger partial charge < -0.3 is 10.2 Å². The topological polar surface area (TPSA) is 66.7 Å². The number of carbonyl (C=O) groups excluding carboxylic acids is 2. The highest BCUT2D eigenvalue weighted by molar-refractivity contribution is 6.01. The molecule has 1 atom stereocenters. The normalized spacial score (nSPS) is 19.0. The molecule has 5 rings (SSSR count). The zero-order valence-electron chi connectivity index (χ0n) is 15.8. The number of nitrogens with one attached hydrogen (secondary N) is 1. The van der Waals surface area contributed by atoms with Crippen LogP contribution in [0.15, 0.2) is 42.6 Å². The van der Waals surface area contributed by atoms with Gasteiger partial charge in [0.15, 0.2) is 0 Å². The molecule has 0 spiro atoms. The summed E-state index contributed by atoms with van der Waals surface area (Å²) in [5, 5.41) is 7.36. The summed E-state index contributed by atoms with van der Waals surface area (Å²) in [5.74, 6) is 0.541. The number of pyridine rings is 1. The number of likely N-dealkylation sites (tertiary alicyclic amines) is 1. The number of carbonyl (C=O) groups is 2. The van der Waals surface area contributed by atoms with Crippen molar-refractivity contribution < 1.29 is 9.59 Å². The lowest BCUT2D eigenvalue weighted by molar-refractivity contribution is 0.0685. The van der Waals surface area contributed by atoms with Crippen LogP contribution in [0.4, 0.5) is 0 Å². The van der Waals surface area contributed by atoms with Crippen LogP contribution in [0.3, 0.4) is 0 Å². The number of fused-ring (bicyclic) bond motifs is 2. The van der Waals surface area contributed by atoms with Crippen LogP contribution < -0.4 is 5.32 Å². The first kappa shape index (κ1) is 17.0. The molecule has 2 aromatic heterocycles. The fraction of sp³-hybridized carbons (Fsp3) is 0.318. The zero-order valence-corrected chi connectivity index (χ0v) is 15.8. The number of amides is 2. The predicted octanol–water partition coefficient (Wildman–Crippen LogP) is 3.12. The molecule has 28 heavy (non-hydrogen) atoms. The molecule has 0 bridgehead atoms. The van der Waals surface area contributed by atoms with Gasteiger partial charge >= 0.3 is 0 Å². The lowest BCUT2D eigenvalue weighted by Gasteiger charge is -2.30. The Kier molecular flexibility index (Phi) is 3.93. The van der Waals surface area contributed by atoms with Gasteiger partial charge in [-0.05, 0) is 42.5 Å². The highest BCUT2D eigenvalue weighted by Gasteiger charge is 2.25. The van der Waals surface area contributed by atoms with E-state index in [0.29, 0.717) is 23.6 Å². The molecule has 4 heterocycles. The van der Waals surface area contributed by atoms with E-state index in [0.717, 1.165) is 41.8 Å². The summed E-state index contributed by atoms with van der Waals surface area (Å²) >= 11 is 0. The second-order valence-electron chi connectivity index (χ2n) is 7.82. The molecule has 1 unspecified atom stereocenters. The van der Waals surface area contributed by atoms with Gasteiger partial charge in [-0.1, -0.05) is 25.1 Å². The monoisotopic (exact) mass is 374 g/mol. The summed E-state index contributed by atoms with van der Waals surface area (Å²) in [6, 6.07) is 11.7. The first-order valence-corrected chi connectivity index (χ1v) is 9.79. The van der Waals surface area contributed by atoms with Gasteiger partial charge in [-0.15, -0.1) is 0 Å². The van der Waals surface area contributed by atoms with Gasteiger partial charge in [-0.2, -0.15) is 5.10 Å². The van der Waals surface area contributed by atoms with E-state index in [4.69, 9.17) is 0 Å². The van der Waals surface area contributed by atoms with Crippen LogP contribution in [-0.2, 0) is 6.54 Å². The maximum absolute atomic E-state index is 13.1. The van der Waals surface area contributed by atoms with Crippen LogP contribution in [0, 0.1) is 5.92 Å². The van der Waals surface area contributed by atoms with Crippen LogP contribution in [0.5, 0.6) is 0 Å².